The third-order valence-electron chi connectivity index (χ3n) is 3.52. The van der Waals surface area contributed by atoms with Gasteiger partial charge in [-0.1, -0.05) is 60.7 Å². The predicted octanol–water partition coefficient (Wildman–Crippen LogP) is 4.10. The van der Waals surface area contributed by atoms with Crippen molar-refractivity contribution in [3.8, 4) is 16.9 Å². The molecule has 0 saturated heterocycles. The van der Waals surface area contributed by atoms with Crippen molar-refractivity contribution in [2.45, 2.75) is 6.61 Å². The maximum Gasteiger partial charge on any atom is 0.150 e. The van der Waals surface area contributed by atoms with E-state index in [1.54, 1.807) is 0 Å². The quantitative estimate of drug-likeness (QED) is 0.711. The first-order valence-corrected chi connectivity index (χ1v) is 7.16. The minimum Gasteiger partial charge on any atom is -0.486 e. The summed E-state index contributed by atoms with van der Waals surface area (Å²) in [6.45, 7) is 0.467. The van der Waals surface area contributed by atoms with Gasteiger partial charge in [-0.05, 0) is 17.7 Å². The van der Waals surface area contributed by atoms with Gasteiger partial charge in [0.2, 0.25) is 0 Å². The number of para-hydroxylation sites is 2. The molecule has 0 saturated carbocycles. The van der Waals surface area contributed by atoms with Crippen LogP contribution in [0.3, 0.4) is 0 Å². The van der Waals surface area contributed by atoms with Crippen LogP contribution in [0.4, 0.5) is 11.4 Å². The highest BCUT2D eigenvalue weighted by molar-refractivity contribution is 5.84. The number of anilines is 2. The Kier molecular flexibility index (Phi) is 3.97. The van der Waals surface area contributed by atoms with Crippen molar-refractivity contribution in [1.29, 1.82) is 0 Å². The summed E-state index contributed by atoms with van der Waals surface area (Å²) in [5.41, 5.74) is 16.4. The Morgan fingerprint density at radius 2 is 1.27 bits per heavy atom. The summed E-state index contributed by atoms with van der Waals surface area (Å²) >= 11 is 0. The highest BCUT2D eigenvalue weighted by atomic mass is 16.5. The van der Waals surface area contributed by atoms with Crippen LogP contribution in [0.15, 0.2) is 72.8 Å². The monoisotopic (exact) mass is 290 g/mol. The van der Waals surface area contributed by atoms with Crippen LogP contribution in [-0.4, -0.2) is 0 Å². The lowest BCUT2D eigenvalue weighted by Gasteiger charge is -2.15. The van der Waals surface area contributed by atoms with Gasteiger partial charge in [0.15, 0.2) is 5.75 Å². The molecule has 0 atom stereocenters. The van der Waals surface area contributed by atoms with Crippen molar-refractivity contribution in [2.24, 2.45) is 0 Å². The van der Waals surface area contributed by atoms with Crippen LogP contribution in [0, 0.1) is 0 Å². The summed E-state index contributed by atoms with van der Waals surface area (Å²) in [6, 6.07) is 23.4. The molecule has 110 valence electrons. The predicted molar refractivity (Wildman–Crippen MR) is 91.5 cm³/mol. The van der Waals surface area contributed by atoms with Gasteiger partial charge in [-0.3, -0.25) is 0 Å². The molecule has 0 fully saturated rings. The molecule has 0 aliphatic carbocycles. The summed E-state index contributed by atoms with van der Waals surface area (Å²) in [5, 5.41) is 0. The molecule has 3 rings (SSSR count). The summed E-state index contributed by atoms with van der Waals surface area (Å²) in [5.74, 6) is 0.671. The highest BCUT2D eigenvalue weighted by Gasteiger charge is 2.12. The van der Waals surface area contributed by atoms with E-state index in [-0.39, 0.29) is 0 Å². The van der Waals surface area contributed by atoms with Gasteiger partial charge in [0.25, 0.3) is 0 Å². The molecule has 4 N–H and O–H groups in total. The molecule has 3 nitrogen and oxygen atoms in total. The summed E-state index contributed by atoms with van der Waals surface area (Å²) in [7, 11) is 0. The van der Waals surface area contributed by atoms with Crippen LogP contribution in [0.2, 0.25) is 0 Å². The molecule has 3 aromatic carbocycles. The van der Waals surface area contributed by atoms with Gasteiger partial charge in [-0.15, -0.1) is 0 Å². The number of benzene rings is 3. The molecule has 0 spiro atoms. The zero-order valence-corrected chi connectivity index (χ0v) is 12.2. The number of ether oxygens (including phenoxy) is 1. The minimum absolute atomic E-state index is 0.467. The Hall–Kier alpha value is -2.94. The van der Waals surface area contributed by atoms with Gasteiger partial charge in [0, 0.05) is 16.8 Å². The molecule has 3 heteroatoms. The molecule has 0 unspecified atom stereocenters. The van der Waals surface area contributed by atoms with Crippen LogP contribution >= 0.6 is 0 Å². The van der Waals surface area contributed by atoms with Crippen molar-refractivity contribution in [1.82, 2.24) is 0 Å². The van der Waals surface area contributed by atoms with E-state index in [9.17, 15) is 0 Å². The largest absolute Gasteiger partial charge is 0.486 e. The van der Waals surface area contributed by atoms with Crippen LogP contribution in [0.25, 0.3) is 11.1 Å². The molecule has 0 heterocycles. The van der Waals surface area contributed by atoms with E-state index >= 15 is 0 Å². The third kappa shape index (κ3) is 2.88. The van der Waals surface area contributed by atoms with Crippen molar-refractivity contribution in [3.05, 3.63) is 78.4 Å². The van der Waals surface area contributed by atoms with Crippen molar-refractivity contribution in [2.75, 3.05) is 11.5 Å². The van der Waals surface area contributed by atoms with Crippen molar-refractivity contribution >= 4 is 11.4 Å². The van der Waals surface area contributed by atoms with Gasteiger partial charge >= 0.3 is 0 Å². The number of nitrogens with two attached hydrogens (primary N) is 2. The van der Waals surface area contributed by atoms with Crippen LogP contribution < -0.4 is 16.2 Å². The van der Waals surface area contributed by atoms with Crippen LogP contribution in [0.1, 0.15) is 5.56 Å². The van der Waals surface area contributed by atoms with Crippen molar-refractivity contribution < 1.29 is 4.74 Å². The Balaban J connectivity index is 1.95. The fourth-order valence-electron chi connectivity index (χ4n) is 2.40. The standard InChI is InChI=1S/C19H18N2O/c20-17-11-5-4-9-15(17)16-10-6-12-18(21)19(16)22-13-14-7-2-1-3-8-14/h1-12H,13,20-21H2. The van der Waals surface area contributed by atoms with Crippen LogP contribution in [0.5, 0.6) is 5.75 Å². The normalized spacial score (nSPS) is 10.4. The van der Waals surface area contributed by atoms with E-state index in [0.29, 0.717) is 23.7 Å². The lowest BCUT2D eigenvalue weighted by atomic mass is 10.0. The average molecular weight is 290 g/mol. The Labute approximate surface area is 130 Å². The molecule has 0 aromatic heterocycles. The number of rotatable bonds is 4. The second-order valence-corrected chi connectivity index (χ2v) is 5.09. The molecule has 0 aliphatic rings. The molecule has 0 aliphatic heterocycles. The fourth-order valence-corrected chi connectivity index (χ4v) is 2.40. The lowest BCUT2D eigenvalue weighted by molar-refractivity contribution is 0.309. The average Bonchev–Trinajstić information content (AvgIpc) is 2.55. The van der Waals surface area contributed by atoms with Crippen molar-refractivity contribution in [3.63, 3.8) is 0 Å². The Bertz CT molecular complexity index is 769. The summed E-state index contributed by atoms with van der Waals surface area (Å²) in [6.07, 6.45) is 0. The van der Waals surface area contributed by atoms with Gasteiger partial charge in [0.05, 0.1) is 5.69 Å². The van der Waals surface area contributed by atoms with Crippen LogP contribution in [-0.2, 0) is 6.61 Å². The third-order valence-corrected chi connectivity index (χ3v) is 3.52. The topological polar surface area (TPSA) is 61.3 Å². The van der Waals surface area contributed by atoms with Gasteiger partial charge in [-0.2, -0.15) is 0 Å². The zero-order valence-electron chi connectivity index (χ0n) is 12.2. The Morgan fingerprint density at radius 3 is 2.05 bits per heavy atom. The zero-order chi connectivity index (χ0) is 15.4. The second kappa shape index (κ2) is 6.22. The van der Waals surface area contributed by atoms with E-state index in [1.807, 2.05) is 72.8 Å². The minimum atomic E-state index is 0.467. The second-order valence-electron chi connectivity index (χ2n) is 5.09. The van der Waals surface area contributed by atoms with E-state index < -0.39 is 0 Å². The molecule has 22 heavy (non-hydrogen) atoms. The van der Waals surface area contributed by atoms with Gasteiger partial charge in [-0.25, -0.2) is 0 Å². The van der Waals surface area contributed by atoms with E-state index in [2.05, 4.69) is 0 Å². The Morgan fingerprint density at radius 1 is 0.636 bits per heavy atom. The molecule has 0 amide bonds. The molecule has 0 radical (unpaired) electrons. The molecular formula is C19H18N2O. The van der Waals surface area contributed by atoms with E-state index in [0.717, 1.165) is 16.7 Å². The maximum atomic E-state index is 6.11. The summed E-state index contributed by atoms with van der Waals surface area (Å²) in [4.78, 5) is 0. The van der Waals surface area contributed by atoms with Gasteiger partial charge < -0.3 is 16.2 Å². The maximum absolute atomic E-state index is 6.11. The molecule has 3 aromatic rings. The molecule has 0 bridgehead atoms. The van der Waals surface area contributed by atoms with E-state index in [4.69, 9.17) is 16.2 Å². The SMILES string of the molecule is Nc1ccccc1-c1cccc(N)c1OCc1ccccc1. The number of nitrogen functional groups attached to an aromatic ring is 2. The first-order valence-electron chi connectivity index (χ1n) is 7.16. The first-order chi connectivity index (χ1) is 10.8. The molecular weight excluding hydrogens is 272 g/mol. The fraction of sp³-hybridized carbons (Fsp3) is 0.0526. The lowest BCUT2D eigenvalue weighted by Crippen LogP contribution is -2.01. The number of hydrogen-bond donors (Lipinski definition) is 2. The van der Waals surface area contributed by atoms with E-state index in [1.165, 1.54) is 0 Å². The number of hydrogen-bond acceptors (Lipinski definition) is 3. The highest BCUT2D eigenvalue weighted by Crippen LogP contribution is 2.37. The smallest absolute Gasteiger partial charge is 0.150 e. The first kappa shape index (κ1) is 14.0. The summed E-state index contributed by atoms with van der Waals surface area (Å²) < 4.78 is 5.98. The van der Waals surface area contributed by atoms with Gasteiger partial charge in [0.1, 0.15) is 6.61 Å².